The van der Waals surface area contributed by atoms with Crippen LogP contribution in [0.4, 0.5) is 0 Å². The first kappa shape index (κ1) is 30.4. The van der Waals surface area contributed by atoms with Crippen molar-refractivity contribution in [3.8, 4) is 0 Å². The summed E-state index contributed by atoms with van der Waals surface area (Å²) in [6, 6.07) is -0.0170. The summed E-state index contributed by atoms with van der Waals surface area (Å²) in [5.74, 6) is 0.572. The van der Waals surface area contributed by atoms with Gasteiger partial charge in [0.25, 0.3) is 5.91 Å². The Labute approximate surface area is 224 Å². The fraction of sp³-hybridized carbons (Fsp3) is 0.633. The predicted octanol–water partition coefficient (Wildman–Crippen LogP) is 4.34. The molecule has 1 aliphatic carbocycles. The van der Waals surface area contributed by atoms with Gasteiger partial charge in [-0.15, -0.1) is 0 Å². The van der Waals surface area contributed by atoms with Crippen LogP contribution in [0.2, 0.25) is 0 Å². The first-order valence-electron chi connectivity index (χ1n) is 13.6. The molecule has 1 atom stereocenters. The van der Waals surface area contributed by atoms with Crippen molar-refractivity contribution in [2.45, 2.75) is 79.7 Å². The van der Waals surface area contributed by atoms with Crippen molar-refractivity contribution in [1.82, 2.24) is 20.4 Å². The molecule has 1 heterocycles. The Hall–Kier alpha value is -2.83. The highest BCUT2D eigenvalue weighted by molar-refractivity contribution is 5.97. The van der Waals surface area contributed by atoms with E-state index in [2.05, 4.69) is 35.1 Å². The maximum absolute atomic E-state index is 12.9. The van der Waals surface area contributed by atoms with E-state index in [0.717, 1.165) is 74.9 Å². The average Bonchev–Trinajstić information content (AvgIpc) is 3.02. The Morgan fingerprint density at radius 3 is 2.51 bits per heavy atom. The van der Waals surface area contributed by atoms with Gasteiger partial charge in [0.05, 0.1) is 0 Å². The molecule has 0 spiro atoms. The topological polar surface area (TPSA) is 81.8 Å². The summed E-state index contributed by atoms with van der Waals surface area (Å²) in [5, 5.41) is 5.89. The molecule has 37 heavy (non-hydrogen) atoms. The van der Waals surface area contributed by atoms with Crippen LogP contribution in [0.1, 0.15) is 73.6 Å². The summed E-state index contributed by atoms with van der Waals surface area (Å²) in [6.45, 7) is 18.9. The summed E-state index contributed by atoms with van der Waals surface area (Å²) >= 11 is 0. The number of carbonyl (C=O) groups is 3. The zero-order chi connectivity index (χ0) is 27.8. The lowest BCUT2D eigenvalue weighted by molar-refractivity contribution is -0.141. The number of likely N-dealkylation sites (tertiary alicyclic amines) is 1. The smallest absolute Gasteiger partial charge is 0.251 e. The monoisotopic (exact) mass is 512 g/mol. The van der Waals surface area contributed by atoms with Crippen LogP contribution in [0.25, 0.3) is 0 Å². The normalized spacial score (nSPS) is 18.5. The van der Waals surface area contributed by atoms with Gasteiger partial charge in [-0.2, -0.15) is 0 Å². The molecule has 1 aliphatic heterocycles. The number of carbonyl (C=O) groups excluding carboxylic acids is 3. The molecule has 0 aromatic rings. The van der Waals surface area contributed by atoms with Crippen molar-refractivity contribution in [3.63, 3.8) is 0 Å². The van der Waals surface area contributed by atoms with Gasteiger partial charge >= 0.3 is 0 Å². The molecule has 206 valence electrons. The number of allylic oxidation sites excluding steroid dienone is 1. The number of piperidine rings is 1. The fourth-order valence-corrected chi connectivity index (χ4v) is 5.19. The van der Waals surface area contributed by atoms with Gasteiger partial charge in [0, 0.05) is 56.5 Å². The number of nitrogens with zero attached hydrogens (tertiary/aromatic N) is 2. The van der Waals surface area contributed by atoms with Crippen molar-refractivity contribution in [2.75, 3.05) is 33.2 Å². The fourth-order valence-electron chi connectivity index (χ4n) is 5.19. The van der Waals surface area contributed by atoms with Crippen LogP contribution in [0.5, 0.6) is 0 Å². The second-order valence-corrected chi connectivity index (χ2v) is 11.7. The Balaban J connectivity index is 1.89. The van der Waals surface area contributed by atoms with Crippen LogP contribution in [-0.2, 0) is 14.4 Å². The highest BCUT2D eigenvalue weighted by Crippen LogP contribution is 2.27. The minimum Gasteiger partial charge on any atom is -0.380 e. The van der Waals surface area contributed by atoms with Gasteiger partial charge in [-0.1, -0.05) is 33.4 Å². The number of nitrogens with one attached hydrogen (secondary N) is 2. The number of amides is 3. The highest BCUT2D eigenvalue weighted by Gasteiger charge is 2.30. The quantitative estimate of drug-likeness (QED) is 0.259. The molecule has 3 amide bonds. The van der Waals surface area contributed by atoms with Gasteiger partial charge in [-0.25, -0.2) is 0 Å². The van der Waals surface area contributed by atoms with Crippen LogP contribution in [0, 0.1) is 11.3 Å². The van der Waals surface area contributed by atoms with E-state index in [0.29, 0.717) is 18.0 Å². The molecular formula is C30H48N4O3. The molecule has 0 saturated carbocycles. The van der Waals surface area contributed by atoms with E-state index in [9.17, 15) is 14.4 Å². The van der Waals surface area contributed by atoms with Crippen LogP contribution < -0.4 is 10.6 Å². The van der Waals surface area contributed by atoms with Crippen molar-refractivity contribution in [3.05, 3.63) is 46.7 Å². The molecule has 1 fully saturated rings. The summed E-state index contributed by atoms with van der Waals surface area (Å²) in [5.41, 5.74) is 4.43. The summed E-state index contributed by atoms with van der Waals surface area (Å²) < 4.78 is 0. The molecule has 1 saturated heterocycles. The summed E-state index contributed by atoms with van der Waals surface area (Å²) in [7, 11) is 2.03. The number of hydrogen-bond acceptors (Lipinski definition) is 4. The lowest BCUT2D eigenvalue weighted by Gasteiger charge is -2.36. The van der Waals surface area contributed by atoms with Gasteiger partial charge in [0.2, 0.25) is 12.3 Å². The molecule has 7 heteroatoms. The summed E-state index contributed by atoms with van der Waals surface area (Å²) in [6.07, 6.45) is 9.83. The Morgan fingerprint density at radius 2 is 1.92 bits per heavy atom. The minimum absolute atomic E-state index is 0.0170. The molecule has 0 aromatic heterocycles. The van der Waals surface area contributed by atoms with Crippen molar-refractivity contribution < 1.29 is 14.4 Å². The first-order valence-corrected chi connectivity index (χ1v) is 13.6. The van der Waals surface area contributed by atoms with Gasteiger partial charge in [0.15, 0.2) is 0 Å². The lowest BCUT2D eigenvalue weighted by atomic mass is 9.91. The highest BCUT2D eigenvalue weighted by atomic mass is 16.2. The molecule has 1 unspecified atom stereocenters. The van der Waals surface area contributed by atoms with Crippen molar-refractivity contribution in [2.24, 2.45) is 11.3 Å². The second kappa shape index (κ2) is 13.6. The van der Waals surface area contributed by atoms with E-state index in [4.69, 9.17) is 0 Å². The Bertz CT molecular complexity index is 946. The zero-order valence-electron chi connectivity index (χ0n) is 24.1. The van der Waals surface area contributed by atoms with E-state index in [1.54, 1.807) is 0 Å². The van der Waals surface area contributed by atoms with Gasteiger partial charge < -0.3 is 20.4 Å². The van der Waals surface area contributed by atoms with Crippen LogP contribution >= 0.6 is 0 Å². The zero-order valence-corrected chi connectivity index (χ0v) is 24.1. The summed E-state index contributed by atoms with van der Waals surface area (Å²) in [4.78, 5) is 40.4. The minimum atomic E-state index is -0.333. The number of hydrogen-bond donors (Lipinski definition) is 2. The third kappa shape index (κ3) is 8.90. The molecule has 0 aromatic carbocycles. The largest absolute Gasteiger partial charge is 0.380 e. The third-order valence-corrected chi connectivity index (χ3v) is 7.54. The van der Waals surface area contributed by atoms with Gasteiger partial charge in [-0.3, -0.25) is 14.4 Å². The molecule has 0 radical (unpaired) electrons. The SMILES string of the molecule is C=C(C(=O)NCC1=CCCCC(C(C)NC=O)=C1C)/C(C)=C/N(C)CC1CCN(C(=O)C(C)(C)C)CC1. The first-order chi connectivity index (χ1) is 17.3. The van der Waals surface area contributed by atoms with E-state index < -0.39 is 0 Å². The third-order valence-electron chi connectivity index (χ3n) is 7.54. The average molecular weight is 513 g/mol. The molecule has 2 aliphatic rings. The standard InChI is InChI=1S/C30H48N4O3/c1-21(18-33(8)19-25-13-15-34(16-14-25)29(37)30(5,6)7)22(2)28(36)31-17-26-11-9-10-12-27(23(26)3)24(4)32-20-35/h11,18,20,24-25H,2,9-10,12-17,19H2,1,3-8H3,(H,31,36)(H,32,35)/b21-18+. The number of rotatable bonds is 10. The maximum Gasteiger partial charge on any atom is 0.251 e. The van der Waals surface area contributed by atoms with Gasteiger partial charge in [0.1, 0.15) is 0 Å². The van der Waals surface area contributed by atoms with E-state index in [-0.39, 0.29) is 23.3 Å². The lowest BCUT2D eigenvalue weighted by Crippen LogP contribution is -2.45. The molecule has 2 rings (SSSR count). The van der Waals surface area contributed by atoms with Crippen LogP contribution in [-0.4, -0.2) is 67.3 Å². The molecule has 7 nitrogen and oxygen atoms in total. The van der Waals surface area contributed by atoms with E-state index in [1.165, 1.54) is 5.57 Å². The van der Waals surface area contributed by atoms with Crippen molar-refractivity contribution >= 4 is 18.2 Å². The predicted molar refractivity (Wildman–Crippen MR) is 151 cm³/mol. The van der Waals surface area contributed by atoms with Gasteiger partial charge in [-0.05, 0) is 81.1 Å². The maximum atomic E-state index is 12.9. The molecule has 2 N–H and O–H groups in total. The Morgan fingerprint density at radius 1 is 1.27 bits per heavy atom. The Kier molecular flexibility index (Phi) is 11.2. The molecule has 0 bridgehead atoms. The van der Waals surface area contributed by atoms with Crippen LogP contribution in [0.15, 0.2) is 46.7 Å². The van der Waals surface area contributed by atoms with Crippen molar-refractivity contribution in [1.29, 1.82) is 0 Å². The van der Waals surface area contributed by atoms with E-state index >= 15 is 0 Å². The molecular weight excluding hydrogens is 464 g/mol. The second-order valence-electron chi connectivity index (χ2n) is 11.7. The van der Waals surface area contributed by atoms with E-state index in [1.807, 2.05) is 52.8 Å². The van der Waals surface area contributed by atoms with Crippen LogP contribution in [0.3, 0.4) is 0 Å².